The first kappa shape index (κ1) is 24.8. The zero-order valence-electron chi connectivity index (χ0n) is 19.5. The summed E-state index contributed by atoms with van der Waals surface area (Å²) in [5.41, 5.74) is 2.15. The largest absolute Gasteiger partial charge is 0.349 e. The first-order valence-corrected chi connectivity index (χ1v) is 13.3. The van der Waals surface area contributed by atoms with E-state index in [1.54, 1.807) is 43.3 Å². The summed E-state index contributed by atoms with van der Waals surface area (Å²) < 4.78 is 26.5. The van der Waals surface area contributed by atoms with E-state index in [2.05, 4.69) is 10.6 Å². The first-order valence-electron chi connectivity index (χ1n) is 11.5. The molecule has 0 spiro atoms. The highest BCUT2D eigenvalue weighted by Gasteiger charge is 2.32. The summed E-state index contributed by atoms with van der Waals surface area (Å²) in [5.74, 6) is -0.717. The minimum atomic E-state index is -3.73. The van der Waals surface area contributed by atoms with Crippen LogP contribution < -0.4 is 14.9 Å². The third kappa shape index (κ3) is 6.35. The molecule has 2 amide bonds. The second-order valence-corrected chi connectivity index (χ2v) is 10.5. The third-order valence-corrected chi connectivity index (χ3v) is 7.17. The number of nitrogens with zero attached hydrogens (tertiary/aromatic N) is 1. The summed E-state index contributed by atoms with van der Waals surface area (Å²) in [5, 5.41) is 5.88. The molecule has 0 heterocycles. The molecule has 33 heavy (non-hydrogen) atoms. The van der Waals surface area contributed by atoms with Gasteiger partial charge < -0.3 is 10.6 Å². The molecule has 0 aliphatic heterocycles. The Kier molecular flexibility index (Phi) is 8.13. The van der Waals surface area contributed by atoms with Crippen LogP contribution in [0.15, 0.2) is 48.5 Å². The predicted octanol–water partition coefficient (Wildman–Crippen LogP) is 4.24. The number of carbonyl (C=O) groups is 2. The van der Waals surface area contributed by atoms with Crippen molar-refractivity contribution in [2.45, 2.75) is 64.5 Å². The van der Waals surface area contributed by atoms with Gasteiger partial charge in [0.2, 0.25) is 15.9 Å². The van der Waals surface area contributed by atoms with Crippen LogP contribution in [0.25, 0.3) is 0 Å². The first-order chi connectivity index (χ1) is 15.7. The lowest BCUT2D eigenvalue weighted by Crippen LogP contribution is -2.47. The zero-order valence-corrected chi connectivity index (χ0v) is 20.3. The quantitative estimate of drug-likeness (QED) is 0.602. The van der Waals surface area contributed by atoms with Crippen LogP contribution in [0.3, 0.4) is 0 Å². The average Bonchev–Trinajstić information content (AvgIpc) is 2.78. The van der Waals surface area contributed by atoms with Crippen molar-refractivity contribution in [3.05, 3.63) is 59.7 Å². The second-order valence-electron chi connectivity index (χ2n) is 8.66. The number of benzene rings is 2. The molecule has 7 nitrogen and oxygen atoms in total. The van der Waals surface area contributed by atoms with Gasteiger partial charge in [-0.05, 0) is 50.5 Å². The van der Waals surface area contributed by atoms with Crippen LogP contribution in [-0.4, -0.2) is 38.6 Å². The number of aryl methyl sites for hydroxylation is 1. The molecule has 0 saturated heterocycles. The van der Waals surface area contributed by atoms with E-state index in [0.717, 1.165) is 41.8 Å². The lowest BCUT2D eigenvalue weighted by Gasteiger charge is -2.30. The highest BCUT2D eigenvalue weighted by Crippen LogP contribution is 2.25. The molecule has 1 saturated carbocycles. The van der Waals surface area contributed by atoms with Crippen LogP contribution >= 0.6 is 0 Å². The molecule has 0 unspecified atom stereocenters. The van der Waals surface area contributed by atoms with E-state index in [4.69, 9.17) is 0 Å². The molecule has 0 bridgehead atoms. The summed E-state index contributed by atoms with van der Waals surface area (Å²) >= 11 is 0. The van der Waals surface area contributed by atoms with Crippen LogP contribution in [0, 0.1) is 6.92 Å². The molecule has 1 aliphatic carbocycles. The van der Waals surface area contributed by atoms with Gasteiger partial charge in [-0.3, -0.25) is 13.9 Å². The summed E-state index contributed by atoms with van der Waals surface area (Å²) in [6.07, 6.45) is 6.66. The van der Waals surface area contributed by atoms with E-state index in [9.17, 15) is 18.0 Å². The van der Waals surface area contributed by atoms with Gasteiger partial charge in [-0.15, -0.1) is 0 Å². The average molecular weight is 472 g/mol. The minimum absolute atomic E-state index is 0.140. The maximum Gasteiger partial charge on any atom is 0.253 e. The molecule has 1 aliphatic rings. The van der Waals surface area contributed by atoms with Crippen LogP contribution in [0.5, 0.6) is 0 Å². The topological polar surface area (TPSA) is 95.6 Å². The number of nitrogens with one attached hydrogen (secondary N) is 2. The Labute approximate surface area is 196 Å². The normalized spacial score (nSPS) is 15.5. The lowest BCUT2D eigenvalue weighted by atomic mass is 9.95. The Balaban J connectivity index is 1.84. The third-order valence-electron chi connectivity index (χ3n) is 5.99. The number of amides is 2. The summed E-state index contributed by atoms with van der Waals surface area (Å²) in [6, 6.07) is 13.0. The summed E-state index contributed by atoms with van der Waals surface area (Å²) in [7, 11) is -3.73. The molecule has 2 aromatic carbocycles. The van der Waals surface area contributed by atoms with Crippen molar-refractivity contribution in [1.82, 2.24) is 5.32 Å². The highest BCUT2D eigenvalue weighted by molar-refractivity contribution is 7.92. The van der Waals surface area contributed by atoms with Crippen molar-refractivity contribution in [1.29, 1.82) is 0 Å². The van der Waals surface area contributed by atoms with Crippen molar-refractivity contribution in [2.24, 2.45) is 0 Å². The molecular formula is C25H33N3O4S. The maximum absolute atomic E-state index is 13.3. The summed E-state index contributed by atoms with van der Waals surface area (Å²) in [6.45, 7) is 3.67. The number of para-hydroxylation sites is 1. The van der Waals surface area contributed by atoms with Crippen LogP contribution in [0.2, 0.25) is 0 Å². The maximum atomic E-state index is 13.3. The molecule has 0 aromatic heterocycles. The molecule has 1 fully saturated rings. The Morgan fingerprint density at radius 3 is 2.27 bits per heavy atom. The Morgan fingerprint density at radius 2 is 1.67 bits per heavy atom. The van der Waals surface area contributed by atoms with E-state index >= 15 is 0 Å². The number of carbonyl (C=O) groups excluding carboxylic acids is 2. The fourth-order valence-electron chi connectivity index (χ4n) is 4.27. The minimum Gasteiger partial charge on any atom is -0.349 e. The predicted molar refractivity (Wildman–Crippen MR) is 132 cm³/mol. The van der Waals surface area contributed by atoms with E-state index < -0.39 is 22.0 Å². The molecule has 8 heteroatoms. The molecule has 0 radical (unpaired) electrons. The number of hydrogen-bond donors (Lipinski definition) is 2. The van der Waals surface area contributed by atoms with Gasteiger partial charge in [0.15, 0.2) is 0 Å². The zero-order chi connectivity index (χ0) is 24.0. The molecule has 178 valence electrons. The fourth-order valence-corrected chi connectivity index (χ4v) is 5.48. The van der Waals surface area contributed by atoms with Crippen molar-refractivity contribution < 1.29 is 18.0 Å². The van der Waals surface area contributed by atoms with Crippen molar-refractivity contribution in [3.63, 3.8) is 0 Å². The SMILES string of the molecule is CC[C@H](C(=O)Nc1ccccc1C(=O)NC1CCCCC1)N(c1ccc(C)cc1)S(C)(=O)=O. The van der Waals surface area contributed by atoms with E-state index in [0.29, 0.717) is 16.9 Å². The lowest BCUT2D eigenvalue weighted by molar-refractivity contribution is -0.117. The standard InChI is InChI=1S/C25H33N3O4S/c1-4-23(28(33(3,31)32)20-16-14-18(2)15-17-20)25(30)27-22-13-9-8-12-21(22)24(29)26-19-10-6-5-7-11-19/h8-9,12-17,19,23H,4-7,10-11H2,1-3H3,(H,26,29)(H,27,30)/t23-/m1/s1. The van der Waals surface area contributed by atoms with Gasteiger partial charge >= 0.3 is 0 Å². The molecular weight excluding hydrogens is 438 g/mol. The number of rotatable bonds is 8. The second kappa shape index (κ2) is 10.8. The van der Waals surface area contributed by atoms with Crippen molar-refractivity contribution >= 4 is 33.2 Å². The van der Waals surface area contributed by atoms with Gasteiger partial charge in [-0.1, -0.05) is 56.0 Å². The van der Waals surface area contributed by atoms with Gasteiger partial charge in [-0.2, -0.15) is 0 Å². The van der Waals surface area contributed by atoms with Gasteiger partial charge in [0.1, 0.15) is 6.04 Å². The van der Waals surface area contributed by atoms with Crippen molar-refractivity contribution in [3.8, 4) is 0 Å². The van der Waals surface area contributed by atoms with Gasteiger partial charge in [-0.25, -0.2) is 8.42 Å². The number of hydrogen-bond acceptors (Lipinski definition) is 4. The highest BCUT2D eigenvalue weighted by atomic mass is 32.2. The van der Waals surface area contributed by atoms with Gasteiger partial charge in [0.05, 0.1) is 23.2 Å². The van der Waals surface area contributed by atoms with Crippen LogP contribution in [0.1, 0.15) is 61.4 Å². The summed E-state index contributed by atoms with van der Waals surface area (Å²) in [4.78, 5) is 26.2. The Hall–Kier alpha value is -2.87. The Bertz CT molecular complexity index is 1080. The molecule has 1 atom stereocenters. The van der Waals surface area contributed by atoms with Gasteiger partial charge in [0.25, 0.3) is 5.91 Å². The van der Waals surface area contributed by atoms with E-state index in [1.165, 1.54) is 6.42 Å². The fraction of sp³-hybridized carbons (Fsp3) is 0.440. The van der Waals surface area contributed by atoms with Gasteiger partial charge in [0, 0.05) is 6.04 Å². The molecule has 2 aromatic rings. The number of anilines is 2. The van der Waals surface area contributed by atoms with Crippen LogP contribution in [0.4, 0.5) is 11.4 Å². The molecule has 3 rings (SSSR count). The van der Waals surface area contributed by atoms with Crippen LogP contribution in [-0.2, 0) is 14.8 Å². The number of sulfonamides is 1. The van der Waals surface area contributed by atoms with Crippen molar-refractivity contribution in [2.75, 3.05) is 15.9 Å². The Morgan fingerprint density at radius 1 is 1.03 bits per heavy atom. The monoisotopic (exact) mass is 471 g/mol. The molecule has 2 N–H and O–H groups in total. The van der Waals surface area contributed by atoms with E-state index in [1.807, 2.05) is 19.1 Å². The van der Waals surface area contributed by atoms with E-state index in [-0.39, 0.29) is 18.4 Å². The smallest absolute Gasteiger partial charge is 0.253 e.